The van der Waals surface area contributed by atoms with Gasteiger partial charge in [-0.3, -0.25) is 4.79 Å². The maximum Gasteiger partial charge on any atom is 0.177 e. The molecule has 0 radical (unpaired) electrons. The number of carbonyl (C=O) groups is 1. The predicted octanol–water partition coefficient (Wildman–Crippen LogP) is 3.02. The summed E-state index contributed by atoms with van der Waals surface area (Å²) in [6.07, 6.45) is 0. The Balaban J connectivity index is 3.21. The van der Waals surface area contributed by atoms with Crippen molar-refractivity contribution in [1.29, 1.82) is 0 Å². The lowest BCUT2D eigenvalue weighted by Gasteiger charge is -2.24. The Morgan fingerprint density at radius 1 is 1.50 bits per heavy atom. The van der Waals surface area contributed by atoms with Gasteiger partial charge in [0, 0.05) is 20.0 Å². The van der Waals surface area contributed by atoms with E-state index < -0.39 is 0 Å². The zero-order valence-electron chi connectivity index (χ0n) is 11.7. The fourth-order valence-corrected chi connectivity index (χ4v) is 3.04. The lowest BCUT2D eigenvalue weighted by atomic mass is 10.2. The number of ketones is 1. The highest BCUT2D eigenvalue weighted by Crippen LogP contribution is 2.45. The van der Waals surface area contributed by atoms with Gasteiger partial charge in [0.05, 0.1) is 17.7 Å². The Bertz CT molecular complexity index is 427. The number of hydrogen-bond acceptors (Lipinski definition) is 5. The number of nitrogen functional groups attached to an aromatic ring is 1. The number of nitrogens with zero attached hydrogens (tertiary/aromatic N) is 1. The van der Waals surface area contributed by atoms with Crippen LogP contribution in [0, 0.1) is 5.92 Å². The third kappa shape index (κ3) is 2.96. The summed E-state index contributed by atoms with van der Waals surface area (Å²) in [5.41, 5.74) is 6.44. The Kier molecular flexibility index (Phi) is 5.02. The molecule has 0 unspecified atom stereocenters. The van der Waals surface area contributed by atoms with Gasteiger partial charge in [-0.05, 0) is 12.8 Å². The van der Waals surface area contributed by atoms with E-state index >= 15 is 0 Å². The molecule has 0 aliphatic carbocycles. The Labute approximate surface area is 113 Å². The minimum atomic E-state index is -0.0114. The summed E-state index contributed by atoms with van der Waals surface area (Å²) in [4.78, 5) is 14.3. The second-order valence-electron chi connectivity index (χ2n) is 4.67. The van der Waals surface area contributed by atoms with Crippen molar-refractivity contribution in [3.05, 3.63) is 4.88 Å². The number of carbonyl (C=O) groups excluding carboxylic acids is 1. The third-order valence-corrected chi connectivity index (χ3v) is 4.01. The van der Waals surface area contributed by atoms with Gasteiger partial charge in [0.2, 0.25) is 0 Å². The van der Waals surface area contributed by atoms with Crippen LogP contribution in [0.3, 0.4) is 0 Å². The number of ether oxygens (including phenoxy) is 1. The molecule has 1 heterocycles. The van der Waals surface area contributed by atoms with Crippen LogP contribution in [-0.4, -0.2) is 26.0 Å². The van der Waals surface area contributed by atoms with Crippen molar-refractivity contribution in [1.82, 2.24) is 0 Å². The topological polar surface area (TPSA) is 55.6 Å². The van der Waals surface area contributed by atoms with Crippen LogP contribution < -0.4 is 15.4 Å². The van der Waals surface area contributed by atoms with Crippen LogP contribution in [0.2, 0.25) is 0 Å². The standard InChI is InChI=1S/C13H22N2O2S/c1-6-15(7-8(2)3)13-11(17-5)10(14)12(18-13)9(4)16/h8H,6-7,14H2,1-5H3. The lowest BCUT2D eigenvalue weighted by Crippen LogP contribution is -2.26. The molecule has 1 aromatic heterocycles. The van der Waals surface area contributed by atoms with Crippen LogP contribution in [0.25, 0.3) is 0 Å². The van der Waals surface area contributed by atoms with E-state index in [1.165, 1.54) is 18.3 Å². The van der Waals surface area contributed by atoms with E-state index in [9.17, 15) is 4.79 Å². The first kappa shape index (κ1) is 14.8. The van der Waals surface area contributed by atoms with E-state index in [2.05, 4.69) is 25.7 Å². The summed E-state index contributed by atoms with van der Waals surface area (Å²) in [7, 11) is 1.59. The fraction of sp³-hybridized carbons (Fsp3) is 0.615. The summed E-state index contributed by atoms with van der Waals surface area (Å²) < 4.78 is 5.36. The van der Waals surface area contributed by atoms with Crippen molar-refractivity contribution < 1.29 is 9.53 Å². The van der Waals surface area contributed by atoms with Gasteiger partial charge in [0.25, 0.3) is 0 Å². The van der Waals surface area contributed by atoms with Gasteiger partial charge >= 0.3 is 0 Å². The van der Waals surface area contributed by atoms with Crippen molar-refractivity contribution in [2.45, 2.75) is 27.7 Å². The van der Waals surface area contributed by atoms with E-state index in [-0.39, 0.29) is 5.78 Å². The van der Waals surface area contributed by atoms with E-state index in [1.54, 1.807) is 7.11 Å². The van der Waals surface area contributed by atoms with Gasteiger partial charge < -0.3 is 15.4 Å². The van der Waals surface area contributed by atoms with Gasteiger partial charge in [-0.15, -0.1) is 11.3 Å². The lowest BCUT2D eigenvalue weighted by molar-refractivity contribution is 0.102. The van der Waals surface area contributed by atoms with Crippen molar-refractivity contribution in [2.24, 2.45) is 5.92 Å². The van der Waals surface area contributed by atoms with Crippen molar-refractivity contribution in [3.63, 3.8) is 0 Å². The van der Waals surface area contributed by atoms with Crippen molar-refractivity contribution in [2.75, 3.05) is 30.8 Å². The second kappa shape index (κ2) is 6.09. The monoisotopic (exact) mass is 270 g/mol. The first-order valence-electron chi connectivity index (χ1n) is 6.14. The molecule has 0 aromatic carbocycles. The SMILES string of the molecule is CCN(CC(C)C)c1sc(C(C)=O)c(N)c1OC. The Morgan fingerprint density at radius 2 is 2.11 bits per heavy atom. The number of methoxy groups -OCH3 is 1. The van der Waals surface area contributed by atoms with E-state index in [0.717, 1.165) is 18.1 Å². The maximum atomic E-state index is 11.5. The van der Waals surface area contributed by atoms with Crippen LogP contribution in [-0.2, 0) is 0 Å². The van der Waals surface area contributed by atoms with Gasteiger partial charge in [0.15, 0.2) is 11.5 Å². The molecule has 0 bridgehead atoms. The first-order chi connectivity index (χ1) is 8.42. The highest BCUT2D eigenvalue weighted by Gasteiger charge is 2.23. The van der Waals surface area contributed by atoms with Crippen LogP contribution in [0.4, 0.5) is 10.7 Å². The zero-order chi connectivity index (χ0) is 13.9. The van der Waals surface area contributed by atoms with Gasteiger partial charge in [0.1, 0.15) is 5.00 Å². The number of rotatable bonds is 6. The quantitative estimate of drug-likeness (QED) is 0.807. The minimum absolute atomic E-state index is 0.0114. The van der Waals surface area contributed by atoms with E-state index in [0.29, 0.717) is 22.2 Å². The molecule has 0 saturated heterocycles. The summed E-state index contributed by atoms with van der Waals surface area (Å²) >= 11 is 1.42. The Hall–Kier alpha value is -1.23. The van der Waals surface area contributed by atoms with Crippen LogP contribution >= 0.6 is 11.3 Å². The summed E-state index contributed by atoms with van der Waals surface area (Å²) in [5, 5.41) is 0.955. The average molecular weight is 270 g/mol. The molecular weight excluding hydrogens is 248 g/mol. The van der Waals surface area contributed by atoms with Crippen molar-refractivity contribution >= 4 is 27.8 Å². The number of hydrogen-bond donors (Lipinski definition) is 1. The molecule has 0 amide bonds. The molecule has 0 aliphatic rings. The van der Waals surface area contributed by atoms with E-state index in [4.69, 9.17) is 10.5 Å². The molecule has 0 spiro atoms. The number of Topliss-reactive ketones (excluding diaryl/α,β-unsaturated/α-hetero) is 1. The van der Waals surface area contributed by atoms with Crippen LogP contribution in [0.15, 0.2) is 0 Å². The van der Waals surface area contributed by atoms with Crippen LogP contribution in [0.5, 0.6) is 5.75 Å². The summed E-state index contributed by atoms with van der Waals surface area (Å²) in [5.74, 6) is 1.16. The Morgan fingerprint density at radius 3 is 2.50 bits per heavy atom. The molecule has 4 nitrogen and oxygen atoms in total. The molecule has 0 atom stereocenters. The normalized spacial score (nSPS) is 10.8. The van der Waals surface area contributed by atoms with Crippen molar-refractivity contribution in [3.8, 4) is 5.75 Å². The molecule has 5 heteroatoms. The molecule has 2 N–H and O–H groups in total. The molecule has 1 aromatic rings. The molecule has 0 aliphatic heterocycles. The highest BCUT2D eigenvalue weighted by atomic mass is 32.1. The number of thiophene rings is 1. The fourth-order valence-electron chi connectivity index (χ4n) is 1.88. The second-order valence-corrected chi connectivity index (χ2v) is 5.67. The molecular formula is C13H22N2O2S. The summed E-state index contributed by atoms with van der Waals surface area (Å²) in [6.45, 7) is 9.74. The largest absolute Gasteiger partial charge is 0.492 e. The third-order valence-electron chi connectivity index (χ3n) is 2.66. The van der Waals surface area contributed by atoms with Gasteiger partial charge in [-0.25, -0.2) is 0 Å². The van der Waals surface area contributed by atoms with Gasteiger partial charge in [-0.1, -0.05) is 13.8 Å². The molecule has 0 saturated carbocycles. The maximum absolute atomic E-state index is 11.5. The predicted molar refractivity (Wildman–Crippen MR) is 78.0 cm³/mol. The molecule has 102 valence electrons. The minimum Gasteiger partial charge on any atom is -0.492 e. The molecule has 1 rings (SSSR count). The number of anilines is 2. The molecule has 18 heavy (non-hydrogen) atoms. The smallest absolute Gasteiger partial charge is 0.177 e. The highest BCUT2D eigenvalue weighted by molar-refractivity contribution is 7.19. The molecule has 0 fully saturated rings. The van der Waals surface area contributed by atoms with E-state index in [1.807, 2.05) is 0 Å². The zero-order valence-corrected chi connectivity index (χ0v) is 12.6. The average Bonchev–Trinajstić information content (AvgIpc) is 2.62. The number of nitrogens with two attached hydrogens (primary N) is 1. The van der Waals surface area contributed by atoms with Crippen LogP contribution in [0.1, 0.15) is 37.4 Å². The summed E-state index contributed by atoms with van der Waals surface area (Å²) in [6, 6.07) is 0. The first-order valence-corrected chi connectivity index (χ1v) is 6.96. The van der Waals surface area contributed by atoms with Gasteiger partial charge in [-0.2, -0.15) is 0 Å².